The van der Waals surface area contributed by atoms with Crippen molar-refractivity contribution in [3.05, 3.63) is 95.3 Å². The van der Waals surface area contributed by atoms with Gasteiger partial charge in [-0.25, -0.2) is 17.6 Å². The minimum atomic E-state index is -0.870. The maximum atomic E-state index is 15.3. The third kappa shape index (κ3) is 8.05. The highest BCUT2D eigenvalue weighted by Gasteiger charge is 2.27. The van der Waals surface area contributed by atoms with Crippen molar-refractivity contribution in [3.63, 3.8) is 0 Å². The first-order valence-corrected chi connectivity index (χ1v) is 15.7. The highest BCUT2D eigenvalue weighted by molar-refractivity contribution is 5.71. The topological polar surface area (TPSA) is 9.23 Å². The summed E-state index contributed by atoms with van der Waals surface area (Å²) < 4.78 is 65.9. The summed E-state index contributed by atoms with van der Waals surface area (Å²) >= 11 is 0. The summed E-state index contributed by atoms with van der Waals surface area (Å²) in [6.07, 6.45) is 15.3. The van der Waals surface area contributed by atoms with Crippen LogP contribution in [0.4, 0.5) is 17.6 Å². The lowest BCUT2D eigenvalue weighted by atomic mass is 9.78. The van der Waals surface area contributed by atoms with Crippen molar-refractivity contribution in [2.24, 2.45) is 5.92 Å². The van der Waals surface area contributed by atoms with Crippen molar-refractivity contribution in [3.8, 4) is 22.3 Å². The van der Waals surface area contributed by atoms with Crippen LogP contribution in [0.3, 0.4) is 0 Å². The molecule has 42 heavy (non-hydrogen) atoms. The van der Waals surface area contributed by atoms with Gasteiger partial charge >= 0.3 is 0 Å². The maximum Gasteiger partial charge on any atom is 0.166 e. The second kappa shape index (κ2) is 16.0. The zero-order valence-corrected chi connectivity index (χ0v) is 25.0. The van der Waals surface area contributed by atoms with Crippen molar-refractivity contribution in [2.45, 2.75) is 96.8 Å². The molecule has 1 nitrogen and oxygen atoms in total. The van der Waals surface area contributed by atoms with Gasteiger partial charge in [-0.2, -0.15) is 0 Å². The monoisotopic (exact) mass is 580 g/mol. The van der Waals surface area contributed by atoms with Gasteiger partial charge in [0.05, 0.1) is 12.9 Å². The fourth-order valence-corrected chi connectivity index (χ4v) is 6.14. The predicted octanol–water partition coefficient (Wildman–Crippen LogP) is 11.7. The molecule has 0 N–H and O–H groups in total. The summed E-state index contributed by atoms with van der Waals surface area (Å²) in [5.41, 5.74) is 2.13. The van der Waals surface area contributed by atoms with E-state index < -0.39 is 23.3 Å². The number of halogens is 4. The van der Waals surface area contributed by atoms with Crippen molar-refractivity contribution < 1.29 is 22.3 Å². The maximum absolute atomic E-state index is 15.3. The van der Waals surface area contributed by atoms with E-state index >= 15 is 13.2 Å². The molecular weight excluding hydrogens is 536 g/mol. The van der Waals surface area contributed by atoms with Gasteiger partial charge in [-0.3, -0.25) is 0 Å². The number of hydrogen-bond acceptors (Lipinski definition) is 1. The molecule has 3 aromatic carbocycles. The lowest BCUT2D eigenvalue weighted by molar-refractivity contribution is 0.159. The summed E-state index contributed by atoms with van der Waals surface area (Å²) in [6, 6.07) is 13.1. The number of ether oxygens (including phenoxy) is 1. The van der Waals surface area contributed by atoms with Gasteiger partial charge in [-0.1, -0.05) is 100 Å². The molecule has 1 saturated carbocycles. The van der Waals surface area contributed by atoms with Gasteiger partial charge in [0.1, 0.15) is 0 Å². The van der Waals surface area contributed by atoms with Gasteiger partial charge in [-0.15, -0.1) is 0 Å². The molecule has 1 aliphatic carbocycles. The van der Waals surface area contributed by atoms with E-state index in [4.69, 9.17) is 4.74 Å². The Bertz CT molecular complexity index is 1310. The molecule has 5 heteroatoms. The first-order chi connectivity index (χ1) is 20.4. The summed E-state index contributed by atoms with van der Waals surface area (Å²) in [7, 11) is 0. The fraction of sp³-hybridized carbons (Fsp3) is 0.459. The molecular formula is C37H44F4O. The second-order valence-electron chi connectivity index (χ2n) is 11.7. The number of hydrogen-bond donors (Lipinski definition) is 0. The third-order valence-electron chi connectivity index (χ3n) is 8.68. The molecule has 1 aliphatic rings. The van der Waals surface area contributed by atoms with E-state index in [-0.39, 0.29) is 17.0 Å². The van der Waals surface area contributed by atoms with Gasteiger partial charge < -0.3 is 4.74 Å². The van der Waals surface area contributed by atoms with Gasteiger partial charge in [0, 0.05) is 11.1 Å². The molecule has 0 atom stereocenters. The van der Waals surface area contributed by atoms with Crippen molar-refractivity contribution in [2.75, 3.05) is 6.61 Å². The lowest BCUT2D eigenvalue weighted by Gasteiger charge is -2.28. The van der Waals surface area contributed by atoms with Crippen molar-refractivity contribution >= 4 is 0 Å². The van der Waals surface area contributed by atoms with Crippen LogP contribution in [-0.4, -0.2) is 6.61 Å². The zero-order valence-electron chi connectivity index (χ0n) is 25.0. The first kappa shape index (κ1) is 31.8. The Labute approximate surface area is 249 Å². The molecule has 0 aliphatic heterocycles. The molecule has 4 rings (SSSR count). The van der Waals surface area contributed by atoms with E-state index in [0.717, 1.165) is 44.9 Å². The molecule has 0 spiro atoms. The van der Waals surface area contributed by atoms with Crippen LogP contribution in [0.25, 0.3) is 22.3 Å². The third-order valence-corrected chi connectivity index (χ3v) is 8.68. The Balaban J connectivity index is 1.39. The summed E-state index contributed by atoms with van der Waals surface area (Å²) in [6.45, 7) is 4.75. The molecule has 0 heterocycles. The largest absolute Gasteiger partial charge is 0.501 e. The quantitative estimate of drug-likeness (QED) is 0.105. The van der Waals surface area contributed by atoms with Crippen LogP contribution >= 0.6 is 0 Å². The van der Waals surface area contributed by atoms with Gasteiger partial charge in [0.25, 0.3) is 0 Å². The molecule has 0 amide bonds. The molecule has 226 valence electrons. The average Bonchev–Trinajstić information content (AvgIpc) is 3.01. The second-order valence-corrected chi connectivity index (χ2v) is 11.7. The summed E-state index contributed by atoms with van der Waals surface area (Å²) in [4.78, 5) is 0. The van der Waals surface area contributed by atoms with E-state index in [1.165, 1.54) is 25.7 Å². The van der Waals surface area contributed by atoms with E-state index in [1.807, 2.05) is 13.0 Å². The summed E-state index contributed by atoms with van der Waals surface area (Å²) in [5.74, 6) is -2.91. The molecule has 0 unspecified atom stereocenters. The van der Waals surface area contributed by atoms with Crippen LogP contribution in [0, 0.1) is 29.2 Å². The minimum absolute atomic E-state index is 0.0134. The average molecular weight is 581 g/mol. The molecule has 0 saturated heterocycles. The molecule has 0 aromatic heterocycles. The molecule has 0 radical (unpaired) electrons. The van der Waals surface area contributed by atoms with Crippen molar-refractivity contribution in [1.29, 1.82) is 0 Å². The highest BCUT2D eigenvalue weighted by Crippen LogP contribution is 2.39. The Kier molecular flexibility index (Phi) is 12.1. The smallest absolute Gasteiger partial charge is 0.166 e. The van der Waals surface area contributed by atoms with E-state index in [9.17, 15) is 4.39 Å². The Morgan fingerprint density at radius 3 is 1.86 bits per heavy atom. The van der Waals surface area contributed by atoms with E-state index in [0.29, 0.717) is 41.2 Å². The molecule has 0 bridgehead atoms. The van der Waals surface area contributed by atoms with Crippen LogP contribution < -0.4 is 0 Å². The zero-order chi connectivity index (χ0) is 29.9. The Morgan fingerprint density at radius 2 is 1.24 bits per heavy atom. The van der Waals surface area contributed by atoms with Crippen LogP contribution in [0.1, 0.15) is 102 Å². The highest BCUT2D eigenvalue weighted by atomic mass is 19.2. The standard InChI is InChI=1S/C37H44F4O/c1-3-5-6-7-8-9-10-11-30-20-21-31(35(39)34(30)38)28-16-18-29(19-17-28)33-23-22-32(36(40)37(33)41)27-14-12-26(13-15-27)25-42-24-4-2/h4,16-24,26-27H,3,5-15,25H2,1-2H3. The fourth-order valence-electron chi connectivity index (χ4n) is 6.14. The Morgan fingerprint density at radius 1 is 0.667 bits per heavy atom. The van der Waals surface area contributed by atoms with Gasteiger partial charge in [0.15, 0.2) is 23.3 Å². The van der Waals surface area contributed by atoms with Crippen LogP contribution in [0.2, 0.25) is 0 Å². The Hall–Kier alpha value is -3.08. The SMILES string of the molecule is CC=COCC1CCC(c2ccc(-c3ccc(-c4ccc(CCCCCCCCC)c(F)c4F)cc3)c(F)c2F)CC1. The van der Waals surface area contributed by atoms with Gasteiger partial charge in [0.2, 0.25) is 0 Å². The predicted molar refractivity (Wildman–Crippen MR) is 164 cm³/mol. The van der Waals surface area contributed by atoms with Crippen LogP contribution in [0.15, 0.2) is 60.9 Å². The van der Waals surface area contributed by atoms with Crippen LogP contribution in [0.5, 0.6) is 0 Å². The van der Waals surface area contributed by atoms with E-state index in [2.05, 4.69) is 6.92 Å². The minimum Gasteiger partial charge on any atom is -0.501 e. The molecule has 3 aromatic rings. The lowest BCUT2D eigenvalue weighted by Crippen LogP contribution is -2.18. The first-order valence-electron chi connectivity index (χ1n) is 15.7. The van der Waals surface area contributed by atoms with Crippen molar-refractivity contribution in [1.82, 2.24) is 0 Å². The normalized spacial score (nSPS) is 17.2. The summed E-state index contributed by atoms with van der Waals surface area (Å²) in [5, 5.41) is 0. The number of rotatable bonds is 14. The number of aryl methyl sites for hydroxylation is 1. The number of benzene rings is 3. The number of unbranched alkanes of at least 4 members (excludes halogenated alkanes) is 6. The number of allylic oxidation sites excluding steroid dienone is 1. The molecule has 1 fully saturated rings. The van der Waals surface area contributed by atoms with E-state index in [1.54, 1.807) is 54.8 Å². The van der Waals surface area contributed by atoms with Crippen LogP contribution in [-0.2, 0) is 11.2 Å². The van der Waals surface area contributed by atoms with Gasteiger partial charge in [-0.05, 0) is 79.5 Å².